The minimum Gasteiger partial charge on any atom is -0.496 e. The van der Waals surface area contributed by atoms with Crippen molar-refractivity contribution in [2.75, 3.05) is 7.11 Å². The maximum Gasteiger partial charge on any atom is 0.137 e. The summed E-state index contributed by atoms with van der Waals surface area (Å²) in [5.41, 5.74) is 4.02. The quantitative estimate of drug-likeness (QED) is 0.639. The molecule has 5 heteroatoms. The number of methoxy groups -OCH3 is 1. The van der Waals surface area contributed by atoms with Crippen LogP contribution in [0.1, 0.15) is 17.0 Å². The van der Waals surface area contributed by atoms with E-state index in [4.69, 9.17) is 16.3 Å². The Kier molecular flexibility index (Phi) is 4.17. The zero-order valence-corrected chi connectivity index (χ0v) is 13.9. The Morgan fingerprint density at radius 2 is 2.14 bits per heavy atom. The molecule has 0 aliphatic carbocycles. The molecular formula is C16H14BrClN2O. The highest BCUT2D eigenvalue weighted by Crippen LogP contribution is 2.27. The van der Waals surface area contributed by atoms with Gasteiger partial charge in [0.15, 0.2) is 0 Å². The van der Waals surface area contributed by atoms with E-state index in [2.05, 4.69) is 31.4 Å². The molecule has 21 heavy (non-hydrogen) atoms. The van der Waals surface area contributed by atoms with E-state index in [1.165, 1.54) is 0 Å². The molecule has 3 rings (SSSR count). The fourth-order valence-electron chi connectivity index (χ4n) is 2.46. The van der Waals surface area contributed by atoms with Crippen molar-refractivity contribution in [2.24, 2.45) is 0 Å². The average molecular weight is 366 g/mol. The number of ether oxygens (including phenoxy) is 1. The predicted octanol–water partition coefficient (Wildman–Crippen LogP) is 4.44. The van der Waals surface area contributed by atoms with Crippen molar-refractivity contribution in [1.29, 1.82) is 0 Å². The third-order valence-corrected chi connectivity index (χ3v) is 4.19. The van der Waals surface area contributed by atoms with Gasteiger partial charge in [0.05, 0.1) is 24.4 Å². The van der Waals surface area contributed by atoms with Crippen molar-refractivity contribution >= 4 is 33.2 Å². The summed E-state index contributed by atoms with van der Waals surface area (Å²) in [6.07, 6.45) is 2.73. The van der Waals surface area contributed by atoms with Crippen LogP contribution in [0.15, 0.2) is 47.1 Å². The molecule has 0 atom stereocenters. The van der Waals surface area contributed by atoms with Crippen LogP contribution in [0.4, 0.5) is 0 Å². The van der Waals surface area contributed by atoms with Crippen LogP contribution in [0.2, 0.25) is 0 Å². The van der Waals surface area contributed by atoms with Gasteiger partial charge in [0.25, 0.3) is 0 Å². The zero-order valence-electron chi connectivity index (χ0n) is 11.5. The van der Waals surface area contributed by atoms with E-state index in [-0.39, 0.29) is 0 Å². The highest BCUT2D eigenvalue weighted by molar-refractivity contribution is 9.10. The number of pyridine rings is 1. The molecule has 0 N–H and O–H groups in total. The number of nitrogens with zero attached hydrogens (tertiary/aromatic N) is 2. The summed E-state index contributed by atoms with van der Waals surface area (Å²) in [6, 6.07) is 12.0. The molecule has 0 fully saturated rings. The number of hydrogen-bond acceptors (Lipinski definition) is 2. The molecule has 3 aromatic rings. The molecule has 2 heterocycles. The van der Waals surface area contributed by atoms with E-state index < -0.39 is 0 Å². The Balaban J connectivity index is 2.11. The number of rotatable bonds is 4. The smallest absolute Gasteiger partial charge is 0.137 e. The number of benzene rings is 1. The van der Waals surface area contributed by atoms with Gasteiger partial charge in [-0.05, 0) is 30.3 Å². The van der Waals surface area contributed by atoms with Gasteiger partial charge >= 0.3 is 0 Å². The molecular weight excluding hydrogens is 352 g/mol. The van der Waals surface area contributed by atoms with Crippen molar-refractivity contribution in [3.8, 4) is 5.75 Å². The first-order valence-corrected chi connectivity index (χ1v) is 7.89. The van der Waals surface area contributed by atoms with Gasteiger partial charge < -0.3 is 9.14 Å². The molecule has 0 bridgehead atoms. The van der Waals surface area contributed by atoms with Gasteiger partial charge in [-0.15, -0.1) is 11.6 Å². The normalized spacial score (nSPS) is 11.0. The first kappa shape index (κ1) is 14.4. The standard InChI is InChI=1S/C16H14BrClN2O/c1-21-15-6-5-12(17)8-11(15)9-14-13(10-18)19-16-4-2-3-7-20(14)16/h2-8H,9-10H2,1H3. The first-order chi connectivity index (χ1) is 10.2. The van der Waals surface area contributed by atoms with Gasteiger partial charge in [-0.3, -0.25) is 0 Å². The fourth-order valence-corrected chi connectivity index (χ4v) is 3.08. The van der Waals surface area contributed by atoms with Gasteiger partial charge in [0.2, 0.25) is 0 Å². The van der Waals surface area contributed by atoms with E-state index in [1.807, 2.05) is 36.5 Å². The lowest BCUT2D eigenvalue weighted by atomic mass is 10.1. The van der Waals surface area contributed by atoms with Crippen molar-refractivity contribution in [3.05, 3.63) is 64.0 Å². The predicted molar refractivity (Wildman–Crippen MR) is 88.2 cm³/mol. The second kappa shape index (κ2) is 6.08. The monoisotopic (exact) mass is 364 g/mol. The lowest BCUT2D eigenvalue weighted by Crippen LogP contribution is -2.00. The minimum atomic E-state index is 0.396. The van der Waals surface area contributed by atoms with Gasteiger partial charge in [-0.1, -0.05) is 22.0 Å². The molecule has 2 aromatic heterocycles. The summed E-state index contributed by atoms with van der Waals surface area (Å²) in [6.45, 7) is 0. The summed E-state index contributed by atoms with van der Waals surface area (Å²) < 4.78 is 8.56. The van der Waals surface area contributed by atoms with Gasteiger partial charge in [-0.25, -0.2) is 4.98 Å². The van der Waals surface area contributed by atoms with Crippen molar-refractivity contribution in [3.63, 3.8) is 0 Å². The van der Waals surface area contributed by atoms with Crippen LogP contribution in [0.5, 0.6) is 5.75 Å². The van der Waals surface area contributed by atoms with E-state index in [1.54, 1.807) is 7.11 Å². The van der Waals surface area contributed by atoms with E-state index in [0.29, 0.717) is 5.88 Å². The number of alkyl halides is 1. The molecule has 0 saturated carbocycles. The molecule has 0 unspecified atom stereocenters. The number of aromatic nitrogens is 2. The Bertz CT molecular complexity index is 785. The van der Waals surface area contributed by atoms with Gasteiger partial charge in [0.1, 0.15) is 11.4 Å². The molecule has 0 saturated heterocycles. The van der Waals surface area contributed by atoms with Gasteiger partial charge in [0, 0.05) is 22.7 Å². The minimum absolute atomic E-state index is 0.396. The van der Waals surface area contributed by atoms with Crippen LogP contribution in [-0.4, -0.2) is 16.5 Å². The highest BCUT2D eigenvalue weighted by atomic mass is 79.9. The molecule has 0 amide bonds. The van der Waals surface area contributed by atoms with Crippen molar-refractivity contribution < 1.29 is 4.74 Å². The fraction of sp³-hybridized carbons (Fsp3) is 0.188. The molecule has 0 aliphatic rings. The van der Waals surface area contributed by atoms with Crippen LogP contribution in [0.25, 0.3) is 5.65 Å². The Hall–Kier alpha value is -1.52. The Morgan fingerprint density at radius 1 is 1.29 bits per heavy atom. The largest absolute Gasteiger partial charge is 0.496 e. The molecule has 1 aromatic carbocycles. The van der Waals surface area contributed by atoms with Crippen LogP contribution in [0, 0.1) is 0 Å². The lowest BCUT2D eigenvalue weighted by molar-refractivity contribution is 0.410. The SMILES string of the molecule is COc1ccc(Br)cc1Cc1c(CCl)nc2ccccn12. The Labute approximate surface area is 136 Å². The number of halogens is 2. The average Bonchev–Trinajstić information content (AvgIpc) is 2.86. The second-order valence-corrected chi connectivity index (χ2v) is 5.88. The zero-order chi connectivity index (χ0) is 14.8. The summed E-state index contributed by atoms with van der Waals surface area (Å²) in [7, 11) is 1.68. The maximum absolute atomic E-state index is 6.06. The van der Waals surface area contributed by atoms with Crippen LogP contribution in [0.3, 0.4) is 0 Å². The Morgan fingerprint density at radius 3 is 2.90 bits per heavy atom. The van der Waals surface area contributed by atoms with Crippen LogP contribution >= 0.6 is 27.5 Å². The van der Waals surface area contributed by atoms with Gasteiger partial charge in [-0.2, -0.15) is 0 Å². The molecule has 0 aliphatic heterocycles. The molecule has 0 spiro atoms. The summed E-state index contributed by atoms with van der Waals surface area (Å²) in [5, 5.41) is 0. The molecule has 108 valence electrons. The first-order valence-electron chi connectivity index (χ1n) is 6.56. The number of hydrogen-bond donors (Lipinski definition) is 0. The van der Waals surface area contributed by atoms with E-state index in [0.717, 1.165) is 39.2 Å². The lowest BCUT2D eigenvalue weighted by Gasteiger charge is -2.10. The van der Waals surface area contributed by atoms with Crippen LogP contribution < -0.4 is 4.74 Å². The number of fused-ring (bicyclic) bond motifs is 1. The summed E-state index contributed by atoms with van der Waals surface area (Å²) >= 11 is 9.57. The third kappa shape index (κ3) is 2.78. The second-order valence-electron chi connectivity index (χ2n) is 4.70. The maximum atomic E-state index is 6.06. The summed E-state index contributed by atoms with van der Waals surface area (Å²) in [4.78, 5) is 4.58. The van der Waals surface area contributed by atoms with E-state index >= 15 is 0 Å². The summed E-state index contributed by atoms with van der Waals surface area (Å²) in [5.74, 6) is 1.26. The van der Waals surface area contributed by atoms with Crippen LogP contribution in [-0.2, 0) is 12.3 Å². The molecule has 0 radical (unpaired) electrons. The topological polar surface area (TPSA) is 26.5 Å². The highest BCUT2D eigenvalue weighted by Gasteiger charge is 2.14. The van der Waals surface area contributed by atoms with Crippen molar-refractivity contribution in [1.82, 2.24) is 9.38 Å². The third-order valence-electron chi connectivity index (χ3n) is 3.44. The molecule has 3 nitrogen and oxygen atoms in total. The van der Waals surface area contributed by atoms with E-state index in [9.17, 15) is 0 Å². The van der Waals surface area contributed by atoms with Crippen molar-refractivity contribution in [2.45, 2.75) is 12.3 Å². The number of imidazole rings is 1.